The summed E-state index contributed by atoms with van der Waals surface area (Å²) in [5, 5.41) is 0. The molecule has 0 amide bonds. The van der Waals surface area contributed by atoms with Gasteiger partial charge >= 0.3 is 8.80 Å². The van der Waals surface area contributed by atoms with Crippen LogP contribution in [-0.4, -0.2) is 59.8 Å². The van der Waals surface area contributed by atoms with Gasteiger partial charge in [0.2, 0.25) is 0 Å². The maximum absolute atomic E-state index is 6.54. The summed E-state index contributed by atoms with van der Waals surface area (Å²) in [6, 6.07) is 0. The third-order valence-corrected chi connectivity index (χ3v) is 8.65. The van der Waals surface area contributed by atoms with E-state index in [0.29, 0.717) is 45.9 Å². The summed E-state index contributed by atoms with van der Waals surface area (Å²) in [6.45, 7) is 15.7. The molecule has 0 aromatic carbocycles. The topological polar surface area (TPSA) is 64.6 Å². The molecule has 8 heteroatoms. The van der Waals surface area contributed by atoms with Crippen molar-refractivity contribution in [1.29, 1.82) is 0 Å². The maximum atomic E-state index is 6.54. The minimum atomic E-state index is -3.10. The molecule has 1 aliphatic heterocycles. The van der Waals surface area contributed by atoms with Gasteiger partial charge in [0, 0.05) is 26.2 Å². The SMILES string of the molecule is CCCCO[Si](OCCCC)(OCCCC)C(CC)OC(CC)OC1(CC)OCCCO1. The van der Waals surface area contributed by atoms with Crippen molar-refractivity contribution in [2.24, 2.45) is 0 Å². The summed E-state index contributed by atoms with van der Waals surface area (Å²) in [5.74, 6) is -1.05. The Morgan fingerprint density at radius 1 is 0.750 bits per heavy atom. The van der Waals surface area contributed by atoms with Crippen LogP contribution in [0.5, 0.6) is 0 Å². The Morgan fingerprint density at radius 3 is 1.62 bits per heavy atom. The van der Waals surface area contributed by atoms with E-state index < -0.39 is 21.1 Å². The monoisotopic (exact) mass is 478 g/mol. The van der Waals surface area contributed by atoms with Gasteiger partial charge < -0.3 is 27.5 Å². The van der Waals surface area contributed by atoms with Crippen molar-refractivity contribution < 1.29 is 32.2 Å². The lowest BCUT2D eigenvalue weighted by atomic mass is 10.3. The lowest BCUT2D eigenvalue weighted by molar-refractivity contribution is -0.436. The van der Waals surface area contributed by atoms with Crippen LogP contribution in [0.3, 0.4) is 0 Å². The van der Waals surface area contributed by atoms with Gasteiger partial charge in [-0.2, -0.15) is 0 Å². The van der Waals surface area contributed by atoms with Crippen LogP contribution in [0.2, 0.25) is 0 Å². The summed E-state index contributed by atoms with van der Waals surface area (Å²) in [7, 11) is -3.10. The second kappa shape index (κ2) is 17.4. The molecule has 2 atom stereocenters. The van der Waals surface area contributed by atoms with Crippen molar-refractivity contribution in [3.63, 3.8) is 0 Å². The Hall–Kier alpha value is -0.0631. The van der Waals surface area contributed by atoms with Gasteiger partial charge in [-0.1, -0.05) is 60.8 Å². The van der Waals surface area contributed by atoms with E-state index in [1.54, 1.807) is 0 Å². The molecule has 0 N–H and O–H groups in total. The summed E-state index contributed by atoms with van der Waals surface area (Å²) < 4.78 is 43.9. The highest BCUT2D eigenvalue weighted by molar-refractivity contribution is 6.62. The van der Waals surface area contributed by atoms with Crippen LogP contribution < -0.4 is 0 Å². The largest absolute Gasteiger partial charge is 0.531 e. The van der Waals surface area contributed by atoms with Gasteiger partial charge in [0.05, 0.1) is 13.2 Å². The van der Waals surface area contributed by atoms with E-state index >= 15 is 0 Å². The van der Waals surface area contributed by atoms with E-state index in [0.717, 1.165) is 51.4 Å². The number of unbranched alkanes of at least 4 members (excludes halogenated alkanes) is 3. The number of hydrogen-bond donors (Lipinski definition) is 0. The van der Waals surface area contributed by atoms with Crippen molar-refractivity contribution in [2.75, 3.05) is 33.0 Å². The highest BCUT2D eigenvalue weighted by atomic mass is 28.4. The first-order valence-electron chi connectivity index (χ1n) is 13.1. The fourth-order valence-electron chi connectivity index (χ4n) is 3.41. The average Bonchev–Trinajstić information content (AvgIpc) is 2.82. The predicted molar refractivity (Wildman–Crippen MR) is 128 cm³/mol. The minimum absolute atomic E-state index is 0.310. The first-order chi connectivity index (χ1) is 15.5. The summed E-state index contributed by atoms with van der Waals surface area (Å²) in [5.41, 5.74) is -0.310. The second-order valence-corrected chi connectivity index (χ2v) is 11.0. The van der Waals surface area contributed by atoms with E-state index in [2.05, 4.69) is 27.7 Å². The highest BCUT2D eigenvalue weighted by Gasteiger charge is 2.51. The fourth-order valence-corrected chi connectivity index (χ4v) is 6.32. The molecule has 1 heterocycles. The summed E-state index contributed by atoms with van der Waals surface area (Å²) >= 11 is 0. The van der Waals surface area contributed by atoms with Crippen LogP contribution in [-0.2, 0) is 32.2 Å². The van der Waals surface area contributed by atoms with Crippen LogP contribution in [0.25, 0.3) is 0 Å². The molecule has 1 rings (SSSR count). The zero-order valence-electron chi connectivity index (χ0n) is 21.6. The summed E-state index contributed by atoms with van der Waals surface area (Å²) in [6.07, 6.45) is 8.42. The maximum Gasteiger partial charge on any atom is 0.531 e. The Labute approximate surface area is 198 Å². The van der Waals surface area contributed by atoms with E-state index in [1.807, 2.05) is 13.8 Å². The first kappa shape index (κ1) is 30.0. The van der Waals surface area contributed by atoms with Crippen LogP contribution in [0.4, 0.5) is 0 Å². The summed E-state index contributed by atoms with van der Waals surface area (Å²) in [4.78, 5) is 0. The predicted octanol–water partition coefficient (Wildman–Crippen LogP) is 5.96. The molecule has 0 spiro atoms. The molecule has 1 saturated heterocycles. The smallest absolute Gasteiger partial charge is 0.372 e. The van der Waals surface area contributed by atoms with Gasteiger partial charge in [-0.25, -0.2) is 0 Å². The molecule has 7 nitrogen and oxygen atoms in total. The van der Waals surface area contributed by atoms with Gasteiger partial charge in [-0.05, 0) is 38.5 Å². The van der Waals surface area contributed by atoms with Gasteiger partial charge in [0.15, 0.2) is 6.29 Å². The van der Waals surface area contributed by atoms with E-state index in [1.165, 1.54) is 0 Å². The quantitative estimate of drug-likeness (QED) is 0.121. The Balaban J connectivity index is 3.04. The lowest BCUT2D eigenvalue weighted by Crippen LogP contribution is -2.59. The number of ether oxygens (including phenoxy) is 4. The third-order valence-electron chi connectivity index (χ3n) is 5.49. The average molecular weight is 479 g/mol. The Morgan fingerprint density at radius 2 is 1.25 bits per heavy atom. The van der Waals surface area contributed by atoms with Crippen molar-refractivity contribution in [2.45, 2.75) is 124 Å². The molecule has 0 aromatic heterocycles. The van der Waals surface area contributed by atoms with E-state index in [9.17, 15) is 0 Å². The molecule has 0 bridgehead atoms. The van der Waals surface area contributed by atoms with Crippen LogP contribution in [0.1, 0.15) is 106 Å². The van der Waals surface area contributed by atoms with Crippen LogP contribution in [0.15, 0.2) is 0 Å². The minimum Gasteiger partial charge on any atom is -0.372 e. The Kier molecular flexibility index (Phi) is 16.3. The van der Waals surface area contributed by atoms with Crippen molar-refractivity contribution in [3.05, 3.63) is 0 Å². The highest BCUT2D eigenvalue weighted by Crippen LogP contribution is 2.30. The zero-order valence-corrected chi connectivity index (χ0v) is 22.6. The molecule has 32 heavy (non-hydrogen) atoms. The van der Waals surface area contributed by atoms with E-state index in [-0.39, 0.29) is 5.73 Å². The van der Waals surface area contributed by atoms with Crippen LogP contribution in [0, 0.1) is 0 Å². The third kappa shape index (κ3) is 10.1. The van der Waals surface area contributed by atoms with Gasteiger partial charge in [-0.3, -0.25) is 4.74 Å². The number of hydrogen-bond acceptors (Lipinski definition) is 7. The van der Waals surface area contributed by atoms with E-state index in [4.69, 9.17) is 32.2 Å². The Bertz CT molecular complexity index is 420. The molecule has 2 unspecified atom stereocenters. The van der Waals surface area contributed by atoms with Crippen molar-refractivity contribution in [3.8, 4) is 0 Å². The number of rotatable bonds is 20. The molecule has 1 fully saturated rings. The second-order valence-electron chi connectivity index (χ2n) is 8.29. The molecule has 1 aliphatic rings. The molecule has 0 radical (unpaired) electrons. The van der Waals surface area contributed by atoms with Gasteiger partial charge in [0.25, 0.3) is 5.97 Å². The fraction of sp³-hybridized carbons (Fsp3) is 1.00. The molecular formula is C24H50O7Si. The molecule has 0 aliphatic carbocycles. The normalized spacial score (nSPS) is 18.6. The standard InChI is InChI=1S/C24H50O7Si/c1-7-13-19-27-32(28-20-14-8-2,29-21-15-9-3)23(11-5)30-22(10-4)31-24(12-6)25-17-16-18-26-24/h22-23H,7-21H2,1-6H3. The van der Waals surface area contributed by atoms with Crippen LogP contribution >= 0.6 is 0 Å². The van der Waals surface area contributed by atoms with Crippen molar-refractivity contribution >= 4 is 8.80 Å². The molecule has 0 saturated carbocycles. The lowest BCUT2D eigenvalue weighted by Gasteiger charge is -2.41. The first-order valence-corrected chi connectivity index (χ1v) is 14.9. The van der Waals surface area contributed by atoms with Gasteiger partial charge in [-0.15, -0.1) is 0 Å². The molecule has 0 aromatic rings. The molecular weight excluding hydrogens is 428 g/mol. The van der Waals surface area contributed by atoms with Crippen molar-refractivity contribution in [1.82, 2.24) is 0 Å². The molecule has 192 valence electrons. The van der Waals surface area contributed by atoms with Gasteiger partial charge in [0.1, 0.15) is 5.73 Å². The zero-order chi connectivity index (χ0) is 23.7.